The highest BCUT2D eigenvalue weighted by Crippen LogP contribution is 2.38. The zero-order chi connectivity index (χ0) is 23.5. The highest BCUT2D eigenvalue weighted by Gasteiger charge is 2.22. The summed E-state index contributed by atoms with van der Waals surface area (Å²) in [5.41, 5.74) is 7.87. The number of methoxy groups -OCH3 is 2. The van der Waals surface area contributed by atoms with Gasteiger partial charge in [-0.2, -0.15) is 0 Å². The zero-order valence-electron chi connectivity index (χ0n) is 18.1. The van der Waals surface area contributed by atoms with E-state index in [1.54, 1.807) is 51.5 Å². The van der Waals surface area contributed by atoms with Crippen LogP contribution in [0, 0.1) is 6.92 Å². The molecular weight excluding hydrogens is 448 g/mol. The van der Waals surface area contributed by atoms with Gasteiger partial charge >= 0.3 is 0 Å². The fourth-order valence-electron chi connectivity index (χ4n) is 3.24. The molecule has 3 N–H and O–H groups in total. The van der Waals surface area contributed by atoms with Gasteiger partial charge < -0.3 is 24.9 Å². The second-order valence-electron chi connectivity index (χ2n) is 7.01. The topological polar surface area (TPSA) is 130 Å². The van der Waals surface area contributed by atoms with Crippen molar-refractivity contribution >= 4 is 29.0 Å². The first kappa shape index (κ1) is 22.2. The van der Waals surface area contributed by atoms with Crippen molar-refractivity contribution in [3.05, 3.63) is 64.6 Å². The number of aryl methyl sites for hydroxylation is 1. The number of aromatic nitrogens is 4. The first-order chi connectivity index (χ1) is 15.9. The predicted octanol–water partition coefficient (Wildman–Crippen LogP) is 3.79. The summed E-state index contributed by atoms with van der Waals surface area (Å²) in [5, 5.41) is 11.1. The third-order valence-corrected chi connectivity index (χ3v) is 5.13. The van der Waals surface area contributed by atoms with Crippen molar-refractivity contribution in [2.24, 2.45) is 0 Å². The van der Waals surface area contributed by atoms with Crippen LogP contribution in [0.5, 0.6) is 11.5 Å². The molecule has 0 atom stereocenters. The van der Waals surface area contributed by atoms with Gasteiger partial charge in [-0.3, -0.25) is 4.79 Å². The minimum absolute atomic E-state index is 0.00851. The lowest BCUT2D eigenvalue weighted by molar-refractivity contribution is 0.102. The predicted molar refractivity (Wildman–Crippen MR) is 123 cm³/mol. The molecule has 0 aliphatic carbocycles. The summed E-state index contributed by atoms with van der Waals surface area (Å²) in [5.74, 6) is 1.58. The SMILES string of the molecule is COc1cccc(-c2nc(Cn3nnc(C(=O)Nc4cccc(Cl)c4)c3N)c(C)o2)c1OC. The van der Waals surface area contributed by atoms with Gasteiger partial charge in [0.05, 0.1) is 26.3 Å². The van der Waals surface area contributed by atoms with Crippen molar-refractivity contribution in [3.8, 4) is 23.0 Å². The summed E-state index contributed by atoms with van der Waals surface area (Å²) < 4.78 is 18.0. The van der Waals surface area contributed by atoms with E-state index in [4.69, 9.17) is 31.2 Å². The fraction of sp³-hybridized carbons (Fsp3) is 0.182. The number of nitrogens with one attached hydrogen (secondary N) is 1. The minimum Gasteiger partial charge on any atom is -0.493 e. The molecule has 4 rings (SSSR count). The number of oxazole rings is 1. The zero-order valence-corrected chi connectivity index (χ0v) is 18.9. The maximum atomic E-state index is 12.6. The molecule has 2 heterocycles. The molecule has 0 bridgehead atoms. The minimum atomic E-state index is -0.500. The Balaban J connectivity index is 1.57. The lowest BCUT2D eigenvalue weighted by Gasteiger charge is -2.09. The Labute approximate surface area is 194 Å². The molecule has 0 radical (unpaired) electrons. The number of nitrogens with zero attached hydrogens (tertiary/aromatic N) is 4. The maximum absolute atomic E-state index is 12.6. The molecule has 0 spiro atoms. The maximum Gasteiger partial charge on any atom is 0.280 e. The first-order valence-corrected chi connectivity index (χ1v) is 10.2. The number of amides is 1. The second-order valence-corrected chi connectivity index (χ2v) is 7.44. The van der Waals surface area contributed by atoms with Crippen molar-refractivity contribution in [1.29, 1.82) is 0 Å². The van der Waals surface area contributed by atoms with Crippen molar-refractivity contribution in [2.45, 2.75) is 13.5 Å². The number of benzene rings is 2. The van der Waals surface area contributed by atoms with Crippen LogP contribution in [0.4, 0.5) is 11.5 Å². The number of nitrogen functional groups attached to an aromatic ring is 1. The van der Waals surface area contributed by atoms with Crippen LogP contribution in [0.1, 0.15) is 21.9 Å². The van der Waals surface area contributed by atoms with Gasteiger partial charge in [-0.15, -0.1) is 5.10 Å². The molecule has 2 aromatic carbocycles. The second kappa shape index (κ2) is 9.21. The molecule has 0 fully saturated rings. The van der Waals surface area contributed by atoms with Crippen LogP contribution in [0.25, 0.3) is 11.5 Å². The average Bonchev–Trinajstić information content (AvgIpc) is 3.35. The molecule has 1 amide bonds. The molecule has 0 aliphatic rings. The van der Waals surface area contributed by atoms with E-state index in [0.717, 1.165) is 0 Å². The van der Waals surface area contributed by atoms with E-state index in [-0.39, 0.29) is 18.1 Å². The van der Waals surface area contributed by atoms with Crippen LogP contribution in [0.3, 0.4) is 0 Å². The van der Waals surface area contributed by atoms with Crippen molar-refractivity contribution in [2.75, 3.05) is 25.3 Å². The van der Waals surface area contributed by atoms with Gasteiger partial charge in [0.2, 0.25) is 5.89 Å². The molecule has 0 aliphatic heterocycles. The summed E-state index contributed by atoms with van der Waals surface area (Å²) in [4.78, 5) is 17.2. The van der Waals surface area contributed by atoms with E-state index >= 15 is 0 Å². The molecule has 11 heteroatoms. The standard InChI is InChI=1S/C22H21ClN6O4/c1-12-16(26-22(33-12)15-8-5-9-17(31-2)19(15)32-3)11-29-20(24)18(27-28-29)21(30)25-14-7-4-6-13(23)10-14/h4-10H,11,24H2,1-3H3,(H,25,30). The monoisotopic (exact) mass is 468 g/mol. The highest BCUT2D eigenvalue weighted by atomic mass is 35.5. The highest BCUT2D eigenvalue weighted by molar-refractivity contribution is 6.31. The van der Waals surface area contributed by atoms with Gasteiger partial charge in [-0.1, -0.05) is 28.9 Å². The van der Waals surface area contributed by atoms with E-state index in [1.807, 2.05) is 12.1 Å². The lowest BCUT2D eigenvalue weighted by atomic mass is 10.2. The number of nitrogens with two attached hydrogens (primary N) is 1. The summed E-state index contributed by atoms with van der Waals surface area (Å²) in [6, 6.07) is 12.2. The number of hydrogen-bond donors (Lipinski definition) is 2. The van der Waals surface area contributed by atoms with E-state index in [0.29, 0.717) is 45.1 Å². The summed E-state index contributed by atoms with van der Waals surface area (Å²) in [7, 11) is 3.10. The first-order valence-electron chi connectivity index (χ1n) is 9.84. The average molecular weight is 469 g/mol. The number of halogens is 1. The van der Waals surface area contributed by atoms with Gasteiger partial charge in [0.1, 0.15) is 11.5 Å². The Kier molecular flexibility index (Phi) is 6.18. The number of anilines is 2. The van der Waals surface area contributed by atoms with Crippen molar-refractivity contribution in [1.82, 2.24) is 20.0 Å². The normalized spacial score (nSPS) is 10.8. The number of rotatable bonds is 7. The van der Waals surface area contributed by atoms with Crippen LogP contribution in [-0.2, 0) is 6.54 Å². The third-order valence-electron chi connectivity index (χ3n) is 4.90. The third kappa shape index (κ3) is 4.46. The molecular formula is C22H21ClN6O4. The Bertz CT molecular complexity index is 1320. The van der Waals surface area contributed by atoms with Crippen LogP contribution >= 0.6 is 11.6 Å². The largest absolute Gasteiger partial charge is 0.493 e. The number of carbonyl (C=O) groups excluding carboxylic acids is 1. The quantitative estimate of drug-likeness (QED) is 0.419. The van der Waals surface area contributed by atoms with Crippen LogP contribution in [0.2, 0.25) is 5.02 Å². The molecule has 2 aromatic heterocycles. The van der Waals surface area contributed by atoms with E-state index in [1.165, 1.54) is 4.68 Å². The van der Waals surface area contributed by atoms with Crippen LogP contribution in [0.15, 0.2) is 46.9 Å². The molecule has 4 aromatic rings. The molecule has 0 saturated heterocycles. The Hall–Kier alpha value is -4.05. The van der Waals surface area contributed by atoms with E-state index in [2.05, 4.69) is 20.6 Å². The van der Waals surface area contributed by atoms with Gasteiger partial charge in [0, 0.05) is 10.7 Å². The number of para-hydroxylation sites is 1. The van der Waals surface area contributed by atoms with Gasteiger partial charge in [-0.25, -0.2) is 9.67 Å². The smallest absolute Gasteiger partial charge is 0.280 e. The molecule has 0 saturated carbocycles. The number of hydrogen-bond acceptors (Lipinski definition) is 8. The van der Waals surface area contributed by atoms with E-state index in [9.17, 15) is 4.79 Å². The van der Waals surface area contributed by atoms with Gasteiger partial charge in [0.15, 0.2) is 23.0 Å². The molecule has 0 unspecified atom stereocenters. The summed E-state index contributed by atoms with van der Waals surface area (Å²) in [6.45, 7) is 1.93. The van der Waals surface area contributed by atoms with Gasteiger partial charge in [-0.05, 0) is 37.3 Å². The lowest BCUT2D eigenvalue weighted by Crippen LogP contribution is -2.15. The fourth-order valence-corrected chi connectivity index (χ4v) is 3.43. The van der Waals surface area contributed by atoms with Crippen LogP contribution in [-0.4, -0.2) is 40.1 Å². The van der Waals surface area contributed by atoms with Gasteiger partial charge in [0.25, 0.3) is 5.91 Å². The molecule has 10 nitrogen and oxygen atoms in total. The van der Waals surface area contributed by atoms with Crippen molar-refractivity contribution in [3.63, 3.8) is 0 Å². The van der Waals surface area contributed by atoms with Crippen LogP contribution < -0.4 is 20.5 Å². The number of carbonyl (C=O) groups is 1. The molecule has 33 heavy (non-hydrogen) atoms. The Morgan fingerprint density at radius 2 is 2.00 bits per heavy atom. The van der Waals surface area contributed by atoms with E-state index < -0.39 is 5.91 Å². The Morgan fingerprint density at radius 3 is 2.73 bits per heavy atom. The summed E-state index contributed by atoms with van der Waals surface area (Å²) >= 11 is 5.96. The molecule has 170 valence electrons. The Morgan fingerprint density at radius 1 is 1.21 bits per heavy atom. The summed E-state index contributed by atoms with van der Waals surface area (Å²) in [6.07, 6.45) is 0. The number of ether oxygens (including phenoxy) is 2. The van der Waals surface area contributed by atoms with Crippen molar-refractivity contribution < 1.29 is 18.7 Å².